The van der Waals surface area contributed by atoms with Crippen LogP contribution in [-0.2, 0) is 11.8 Å². The van der Waals surface area contributed by atoms with E-state index in [0.717, 1.165) is 0 Å². The number of nitrogens with zero attached hydrogens (tertiary/aromatic N) is 3. The minimum atomic E-state index is -0.457. The fourth-order valence-corrected chi connectivity index (χ4v) is 5.24. The van der Waals surface area contributed by atoms with Crippen LogP contribution in [0.2, 0.25) is 25.1 Å². The van der Waals surface area contributed by atoms with E-state index in [1.807, 2.05) is 13.8 Å². The van der Waals surface area contributed by atoms with Gasteiger partial charge < -0.3 is 15.2 Å². The molecule has 35 heavy (non-hydrogen) atoms. The Hall–Kier alpha value is -1.68. The van der Waals surface area contributed by atoms with E-state index < -0.39 is 6.04 Å². The van der Waals surface area contributed by atoms with Crippen LogP contribution in [0.4, 0.5) is 5.69 Å². The Kier molecular flexibility index (Phi) is 9.60. The van der Waals surface area contributed by atoms with Crippen molar-refractivity contribution >= 4 is 87.3 Å². The number of aromatic nitrogens is 3. The summed E-state index contributed by atoms with van der Waals surface area (Å²) in [5, 5.41) is 16.1. The predicted octanol–water partition coefficient (Wildman–Crippen LogP) is 6.94. The van der Waals surface area contributed by atoms with Crippen LogP contribution in [0, 0.1) is 5.92 Å². The van der Waals surface area contributed by atoms with E-state index in [9.17, 15) is 9.59 Å². The molecular formula is C22H20Cl5N5O2S. The molecular weight excluding hydrogens is 576 g/mol. The lowest BCUT2D eigenvalue weighted by atomic mass is 10.0. The zero-order valence-corrected chi connectivity index (χ0v) is 23.3. The summed E-state index contributed by atoms with van der Waals surface area (Å²) < 4.78 is 1.73. The van der Waals surface area contributed by atoms with Crippen LogP contribution in [0.15, 0.2) is 35.5 Å². The molecule has 0 aliphatic rings. The second-order valence-corrected chi connectivity index (χ2v) is 10.8. The highest BCUT2D eigenvalue weighted by Crippen LogP contribution is 2.34. The smallest absolute Gasteiger partial charge is 0.253 e. The summed E-state index contributed by atoms with van der Waals surface area (Å²) in [5.74, 6) is -0.149. The van der Waals surface area contributed by atoms with Crippen molar-refractivity contribution < 1.29 is 9.59 Å². The van der Waals surface area contributed by atoms with E-state index in [2.05, 4.69) is 20.8 Å². The third-order valence-electron chi connectivity index (χ3n) is 4.88. The number of carbonyl (C=O) groups excluding carboxylic acids is 2. The van der Waals surface area contributed by atoms with Crippen molar-refractivity contribution in [1.82, 2.24) is 20.1 Å². The van der Waals surface area contributed by atoms with E-state index in [0.29, 0.717) is 26.6 Å². The molecule has 1 aromatic heterocycles. The lowest BCUT2D eigenvalue weighted by Crippen LogP contribution is -2.33. The molecule has 2 amide bonds. The number of thioether (sulfide) groups is 1. The molecule has 3 aromatic rings. The van der Waals surface area contributed by atoms with Gasteiger partial charge in [0.15, 0.2) is 11.0 Å². The summed E-state index contributed by atoms with van der Waals surface area (Å²) in [7, 11) is 1.76. The van der Waals surface area contributed by atoms with Gasteiger partial charge in [0.25, 0.3) is 5.91 Å². The molecule has 13 heteroatoms. The van der Waals surface area contributed by atoms with Gasteiger partial charge in [0.05, 0.1) is 38.1 Å². The van der Waals surface area contributed by atoms with Crippen LogP contribution in [0.5, 0.6) is 0 Å². The standard InChI is InChI=1S/C22H20Cl5N5O2S/c1-10(2)18(29-21(34)13-5-4-11(23)6-14(13)25)20-30-31-22(32(20)3)35-9-17(33)28-19-15(26)7-12(24)8-16(19)27/h4-8,10,18H,9H2,1-3H3,(H,28,33)(H,29,34)/t18-/m1/s1. The summed E-state index contributed by atoms with van der Waals surface area (Å²) >= 11 is 31.4. The number of hydrogen-bond acceptors (Lipinski definition) is 5. The summed E-state index contributed by atoms with van der Waals surface area (Å²) in [5.41, 5.74) is 0.583. The third-order valence-corrected chi connectivity index (χ3v) is 7.26. The number of amides is 2. The van der Waals surface area contributed by atoms with Gasteiger partial charge in [0.1, 0.15) is 0 Å². The van der Waals surface area contributed by atoms with Gasteiger partial charge >= 0.3 is 0 Å². The van der Waals surface area contributed by atoms with Gasteiger partial charge in [-0.05, 0) is 36.2 Å². The van der Waals surface area contributed by atoms with E-state index in [-0.39, 0.29) is 44.2 Å². The van der Waals surface area contributed by atoms with Crippen LogP contribution in [0.25, 0.3) is 0 Å². The van der Waals surface area contributed by atoms with E-state index in [4.69, 9.17) is 58.0 Å². The van der Waals surface area contributed by atoms with Gasteiger partial charge in [-0.3, -0.25) is 9.59 Å². The lowest BCUT2D eigenvalue weighted by molar-refractivity contribution is -0.113. The molecule has 0 aliphatic carbocycles. The topological polar surface area (TPSA) is 88.9 Å². The largest absolute Gasteiger partial charge is 0.342 e. The molecule has 0 fully saturated rings. The first-order chi connectivity index (χ1) is 16.5. The number of hydrogen-bond donors (Lipinski definition) is 2. The van der Waals surface area contributed by atoms with E-state index >= 15 is 0 Å². The zero-order valence-electron chi connectivity index (χ0n) is 18.7. The SMILES string of the molecule is CC(C)[C@@H](NC(=O)c1ccc(Cl)cc1Cl)c1nnc(SCC(=O)Nc2c(Cl)cc(Cl)cc2Cl)n1C. The van der Waals surface area contributed by atoms with Gasteiger partial charge in [-0.25, -0.2) is 0 Å². The Morgan fingerprint density at radius 1 is 0.971 bits per heavy atom. The van der Waals surface area contributed by atoms with Crippen LogP contribution < -0.4 is 10.6 Å². The molecule has 186 valence electrons. The van der Waals surface area contributed by atoms with Gasteiger partial charge in [-0.2, -0.15) is 0 Å². The van der Waals surface area contributed by atoms with Gasteiger partial charge in [0, 0.05) is 17.1 Å². The average molecular weight is 596 g/mol. The maximum Gasteiger partial charge on any atom is 0.253 e. The first-order valence-corrected chi connectivity index (χ1v) is 13.1. The molecule has 0 aliphatic heterocycles. The molecule has 0 saturated heterocycles. The van der Waals surface area contributed by atoms with Crippen molar-refractivity contribution in [1.29, 1.82) is 0 Å². The van der Waals surface area contributed by atoms with Crippen molar-refractivity contribution in [3.05, 3.63) is 66.8 Å². The lowest BCUT2D eigenvalue weighted by Gasteiger charge is -2.22. The minimum absolute atomic E-state index is 0.0109. The molecule has 0 spiro atoms. The Bertz CT molecular complexity index is 1240. The monoisotopic (exact) mass is 593 g/mol. The highest BCUT2D eigenvalue weighted by Gasteiger charge is 2.26. The first kappa shape index (κ1) is 27.9. The first-order valence-electron chi connectivity index (χ1n) is 10.2. The summed E-state index contributed by atoms with van der Waals surface area (Å²) in [6.45, 7) is 3.89. The molecule has 0 bridgehead atoms. The minimum Gasteiger partial charge on any atom is -0.342 e. The Morgan fingerprint density at radius 2 is 1.60 bits per heavy atom. The number of nitrogens with one attached hydrogen (secondary N) is 2. The average Bonchev–Trinajstić information content (AvgIpc) is 3.12. The second kappa shape index (κ2) is 12.0. The third kappa shape index (κ3) is 6.96. The maximum atomic E-state index is 12.9. The normalized spacial score (nSPS) is 12.0. The summed E-state index contributed by atoms with van der Waals surface area (Å²) in [6, 6.07) is 7.19. The van der Waals surface area contributed by atoms with E-state index in [1.54, 1.807) is 23.7 Å². The Balaban J connectivity index is 1.70. The maximum absolute atomic E-state index is 12.9. The van der Waals surface area contributed by atoms with Crippen molar-refractivity contribution in [2.45, 2.75) is 25.0 Å². The molecule has 7 nitrogen and oxygen atoms in total. The van der Waals surface area contributed by atoms with Gasteiger partial charge in [0.2, 0.25) is 5.91 Å². The molecule has 0 radical (unpaired) electrons. The molecule has 2 aromatic carbocycles. The van der Waals surface area contributed by atoms with Crippen LogP contribution in [0.3, 0.4) is 0 Å². The summed E-state index contributed by atoms with van der Waals surface area (Å²) in [4.78, 5) is 25.3. The van der Waals surface area contributed by atoms with Crippen molar-refractivity contribution in [2.75, 3.05) is 11.1 Å². The van der Waals surface area contributed by atoms with Crippen LogP contribution >= 0.6 is 69.8 Å². The Morgan fingerprint density at radius 3 is 2.20 bits per heavy atom. The molecule has 0 unspecified atom stereocenters. The molecule has 3 rings (SSSR count). The number of benzene rings is 2. The fourth-order valence-electron chi connectivity index (χ4n) is 3.11. The van der Waals surface area contributed by atoms with Gasteiger partial charge in [-0.1, -0.05) is 83.6 Å². The van der Waals surface area contributed by atoms with Crippen LogP contribution in [-0.4, -0.2) is 32.3 Å². The highest BCUT2D eigenvalue weighted by atomic mass is 35.5. The number of rotatable bonds is 8. The molecule has 1 heterocycles. The van der Waals surface area contributed by atoms with Crippen molar-refractivity contribution in [3.8, 4) is 0 Å². The predicted molar refractivity (Wildman–Crippen MR) is 143 cm³/mol. The quantitative estimate of drug-likeness (QED) is 0.276. The van der Waals surface area contributed by atoms with Crippen molar-refractivity contribution in [2.24, 2.45) is 13.0 Å². The van der Waals surface area contributed by atoms with Crippen molar-refractivity contribution in [3.63, 3.8) is 0 Å². The number of anilines is 1. The zero-order chi connectivity index (χ0) is 25.9. The summed E-state index contributed by atoms with van der Waals surface area (Å²) in [6.07, 6.45) is 0. The van der Waals surface area contributed by atoms with Gasteiger partial charge in [-0.15, -0.1) is 10.2 Å². The second-order valence-electron chi connectivity index (χ2n) is 7.80. The molecule has 1 atom stereocenters. The Labute approximate surface area is 231 Å². The number of carbonyl (C=O) groups is 2. The van der Waals surface area contributed by atoms with Crippen LogP contribution in [0.1, 0.15) is 36.1 Å². The molecule has 0 saturated carbocycles. The highest BCUT2D eigenvalue weighted by molar-refractivity contribution is 7.99. The van der Waals surface area contributed by atoms with E-state index in [1.165, 1.54) is 30.0 Å². The molecule has 2 N–H and O–H groups in total. The fraction of sp³-hybridized carbons (Fsp3) is 0.273. The number of halogens is 5.